The quantitative estimate of drug-likeness (QED) is 0.0268. The Bertz CT molecular complexity index is 982. The van der Waals surface area contributed by atoms with Crippen molar-refractivity contribution in [1.29, 1.82) is 0 Å². The summed E-state index contributed by atoms with van der Waals surface area (Å²) < 4.78 is 26.6. The lowest BCUT2D eigenvalue weighted by Crippen LogP contribution is -2.29. The number of esters is 2. The highest BCUT2D eigenvalue weighted by Crippen LogP contribution is 2.36. The molecule has 0 heterocycles. The standard InChI is InChI=1S/C51H99O8P/c1-3-5-7-9-11-13-15-17-19-21-23-25-27-29-31-33-35-37-39-41-43-45-50(52)57-47-49(48-58-60(54,55)56)59-51(53)46-44-42-40-38-36-34-32-30-28-26-24-22-20-18-16-14-12-10-8-6-4-2/h18,20,49H,3-17,19,21-48H2,1-2H3,(H2,54,55,56)/b20-18-/t49-/m1/s1. The van der Waals surface area contributed by atoms with E-state index < -0.39 is 32.5 Å². The number of phosphoric ester groups is 1. The number of rotatable bonds is 49. The van der Waals surface area contributed by atoms with Crippen molar-refractivity contribution in [2.45, 2.75) is 290 Å². The zero-order valence-electron chi connectivity index (χ0n) is 39.6. The second-order valence-electron chi connectivity index (χ2n) is 17.9. The van der Waals surface area contributed by atoms with Crippen molar-refractivity contribution in [2.75, 3.05) is 13.2 Å². The normalized spacial score (nSPS) is 12.4. The molecule has 0 fully saturated rings. The van der Waals surface area contributed by atoms with Gasteiger partial charge in [-0.2, -0.15) is 0 Å². The fraction of sp³-hybridized carbons (Fsp3) is 0.922. The molecule has 0 aliphatic carbocycles. The Balaban J connectivity index is 3.77. The number of allylic oxidation sites excluding steroid dienone is 2. The fourth-order valence-electron chi connectivity index (χ4n) is 7.90. The van der Waals surface area contributed by atoms with Crippen LogP contribution in [0.5, 0.6) is 0 Å². The maximum atomic E-state index is 12.5. The Morgan fingerprint density at radius 2 is 0.700 bits per heavy atom. The summed E-state index contributed by atoms with van der Waals surface area (Å²) in [5.41, 5.74) is 0. The second-order valence-corrected chi connectivity index (χ2v) is 19.1. The summed E-state index contributed by atoms with van der Waals surface area (Å²) in [4.78, 5) is 43.1. The first-order chi connectivity index (χ1) is 29.3. The van der Waals surface area contributed by atoms with Crippen LogP contribution < -0.4 is 0 Å². The summed E-state index contributed by atoms with van der Waals surface area (Å²) in [6.07, 6.45) is 55.2. The molecule has 0 unspecified atom stereocenters. The van der Waals surface area contributed by atoms with Crippen LogP contribution in [0.2, 0.25) is 0 Å². The molecule has 1 atom stereocenters. The number of hydrogen-bond donors (Lipinski definition) is 2. The topological polar surface area (TPSA) is 119 Å². The smallest absolute Gasteiger partial charge is 0.462 e. The van der Waals surface area contributed by atoms with E-state index in [1.165, 1.54) is 212 Å². The van der Waals surface area contributed by atoms with E-state index >= 15 is 0 Å². The first kappa shape index (κ1) is 58.8. The van der Waals surface area contributed by atoms with Gasteiger partial charge in [-0.3, -0.25) is 14.1 Å². The molecule has 0 aromatic heterocycles. The van der Waals surface area contributed by atoms with Crippen molar-refractivity contribution in [3.63, 3.8) is 0 Å². The van der Waals surface area contributed by atoms with Gasteiger partial charge in [0.2, 0.25) is 0 Å². The molecule has 0 spiro atoms. The number of hydrogen-bond acceptors (Lipinski definition) is 6. The van der Waals surface area contributed by atoms with Gasteiger partial charge in [0.15, 0.2) is 6.10 Å². The number of phosphoric acid groups is 1. The minimum atomic E-state index is -4.76. The maximum absolute atomic E-state index is 12.5. The van der Waals surface area contributed by atoms with Crippen LogP contribution in [0, 0.1) is 0 Å². The predicted molar refractivity (Wildman–Crippen MR) is 253 cm³/mol. The van der Waals surface area contributed by atoms with E-state index in [-0.39, 0.29) is 19.4 Å². The SMILES string of the molecule is CCCCCCCC/C=C\CCCCCCCCCCCCCC(=O)O[C@H](COC(=O)CCCCCCCCCCCCCCCCCCCCCCC)COP(=O)(O)O. The zero-order valence-corrected chi connectivity index (χ0v) is 40.5. The van der Waals surface area contributed by atoms with Gasteiger partial charge in [0.05, 0.1) is 6.61 Å². The average Bonchev–Trinajstić information content (AvgIpc) is 3.22. The third-order valence-corrected chi connectivity index (χ3v) is 12.3. The molecule has 356 valence electrons. The van der Waals surface area contributed by atoms with Crippen molar-refractivity contribution < 1.29 is 37.9 Å². The van der Waals surface area contributed by atoms with Crippen LogP contribution in [-0.2, 0) is 28.2 Å². The molecular formula is C51H99O8P. The lowest BCUT2D eigenvalue weighted by atomic mass is 10.0. The highest BCUT2D eigenvalue weighted by atomic mass is 31.2. The number of carbonyl (C=O) groups is 2. The molecule has 0 amide bonds. The summed E-state index contributed by atoms with van der Waals surface area (Å²) in [7, 11) is -4.76. The van der Waals surface area contributed by atoms with Gasteiger partial charge in [-0.1, -0.05) is 244 Å². The van der Waals surface area contributed by atoms with Crippen LogP contribution in [0.4, 0.5) is 0 Å². The predicted octanol–water partition coefficient (Wildman–Crippen LogP) is 16.5. The second kappa shape index (κ2) is 47.3. The monoisotopic (exact) mass is 871 g/mol. The molecule has 8 nitrogen and oxygen atoms in total. The van der Waals surface area contributed by atoms with Crippen molar-refractivity contribution in [3.8, 4) is 0 Å². The molecule has 0 rings (SSSR count). The van der Waals surface area contributed by atoms with Gasteiger partial charge >= 0.3 is 19.8 Å². The van der Waals surface area contributed by atoms with E-state index in [2.05, 4.69) is 30.5 Å². The molecular weight excluding hydrogens is 772 g/mol. The molecule has 0 aromatic rings. The van der Waals surface area contributed by atoms with Gasteiger partial charge in [0.25, 0.3) is 0 Å². The summed E-state index contributed by atoms with van der Waals surface area (Å²) >= 11 is 0. The van der Waals surface area contributed by atoms with Gasteiger partial charge in [-0.25, -0.2) is 4.57 Å². The summed E-state index contributed by atoms with van der Waals surface area (Å²) in [6, 6.07) is 0. The third kappa shape index (κ3) is 49.4. The number of unbranched alkanes of at least 4 members (excludes halogenated alkanes) is 37. The lowest BCUT2D eigenvalue weighted by molar-refractivity contribution is -0.161. The Morgan fingerprint density at radius 1 is 0.417 bits per heavy atom. The van der Waals surface area contributed by atoms with Crippen molar-refractivity contribution >= 4 is 19.8 Å². The van der Waals surface area contributed by atoms with Gasteiger partial charge in [0, 0.05) is 12.8 Å². The summed E-state index contributed by atoms with van der Waals surface area (Å²) in [6.45, 7) is 3.74. The van der Waals surface area contributed by atoms with Gasteiger partial charge in [0.1, 0.15) is 6.61 Å². The van der Waals surface area contributed by atoms with Crippen LogP contribution in [0.3, 0.4) is 0 Å². The lowest BCUT2D eigenvalue weighted by Gasteiger charge is -2.18. The molecule has 0 aromatic carbocycles. The number of carbonyl (C=O) groups excluding carboxylic acids is 2. The largest absolute Gasteiger partial charge is 0.469 e. The molecule has 0 bridgehead atoms. The Hall–Kier alpha value is -1.21. The van der Waals surface area contributed by atoms with E-state index in [0.29, 0.717) is 6.42 Å². The van der Waals surface area contributed by atoms with Crippen LogP contribution in [0.25, 0.3) is 0 Å². The van der Waals surface area contributed by atoms with Crippen molar-refractivity contribution in [2.24, 2.45) is 0 Å². The van der Waals surface area contributed by atoms with Crippen molar-refractivity contribution in [1.82, 2.24) is 0 Å². The minimum Gasteiger partial charge on any atom is -0.462 e. The zero-order chi connectivity index (χ0) is 43.9. The van der Waals surface area contributed by atoms with Crippen LogP contribution in [-0.4, -0.2) is 41.0 Å². The van der Waals surface area contributed by atoms with E-state index in [1.54, 1.807) is 0 Å². The van der Waals surface area contributed by atoms with E-state index in [0.717, 1.165) is 38.5 Å². The van der Waals surface area contributed by atoms with Crippen molar-refractivity contribution in [3.05, 3.63) is 12.2 Å². The maximum Gasteiger partial charge on any atom is 0.469 e. The Labute approximate surface area is 371 Å². The fourth-order valence-corrected chi connectivity index (χ4v) is 8.26. The molecule has 0 radical (unpaired) electrons. The Kier molecular flexibility index (Phi) is 46.3. The first-order valence-electron chi connectivity index (χ1n) is 26.0. The van der Waals surface area contributed by atoms with Crippen LogP contribution in [0.1, 0.15) is 284 Å². The average molecular weight is 871 g/mol. The molecule has 0 saturated heterocycles. The third-order valence-electron chi connectivity index (χ3n) is 11.8. The molecule has 0 saturated carbocycles. The number of ether oxygens (including phenoxy) is 2. The summed E-state index contributed by atoms with van der Waals surface area (Å²) in [5, 5.41) is 0. The van der Waals surface area contributed by atoms with Crippen LogP contribution >= 0.6 is 7.82 Å². The van der Waals surface area contributed by atoms with Gasteiger partial charge in [-0.05, 0) is 38.5 Å². The summed E-state index contributed by atoms with van der Waals surface area (Å²) in [5.74, 6) is -0.866. The molecule has 0 aliphatic heterocycles. The molecule has 2 N–H and O–H groups in total. The molecule has 60 heavy (non-hydrogen) atoms. The van der Waals surface area contributed by atoms with E-state index in [9.17, 15) is 14.2 Å². The highest BCUT2D eigenvalue weighted by molar-refractivity contribution is 7.46. The Morgan fingerprint density at radius 3 is 1.02 bits per heavy atom. The first-order valence-corrected chi connectivity index (χ1v) is 27.5. The van der Waals surface area contributed by atoms with Crippen LogP contribution in [0.15, 0.2) is 12.2 Å². The van der Waals surface area contributed by atoms with Gasteiger partial charge in [-0.15, -0.1) is 0 Å². The minimum absolute atomic E-state index is 0.216. The van der Waals surface area contributed by atoms with E-state index in [4.69, 9.17) is 19.3 Å². The molecule has 9 heteroatoms. The van der Waals surface area contributed by atoms with E-state index in [1.807, 2.05) is 0 Å². The molecule has 0 aliphatic rings. The highest BCUT2D eigenvalue weighted by Gasteiger charge is 2.23. The van der Waals surface area contributed by atoms with Gasteiger partial charge < -0.3 is 19.3 Å².